The molecule has 4 rings (SSSR count). The molecule has 0 saturated carbocycles. The van der Waals surface area contributed by atoms with Crippen LogP contribution >= 0.6 is 0 Å². The fourth-order valence-corrected chi connectivity index (χ4v) is 3.64. The highest BCUT2D eigenvalue weighted by molar-refractivity contribution is 6.70. The molecule has 0 aliphatic carbocycles. The van der Waals surface area contributed by atoms with E-state index in [9.17, 15) is 0 Å². The van der Waals surface area contributed by atoms with Gasteiger partial charge in [0.25, 0.3) is 0 Å². The molecule has 0 unspecified atom stereocenters. The van der Waals surface area contributed by atoms with E-state index in [2.05, 4.69) is 22.7 Å². The van der Waals surface area contributed by atoms with Crippen molar-refractivity contribution in [1.29, 1.82) is 0 Å². The summed E-state index contributed by atoms with van der Waals surface area (Å²) in [6, 6.07) is 36.4. The highest BCUT2D eigenvalue weighted by Gasteiger charge is 2.19. The fourth-order valence-electron chi connectivity index (χ4n) is 3.64. The SMILES string of the molecule is CCOB(Nc1ccccc1)c1ccc(OCc2ccc([B]OCCNc3ccccc3)cc2)cc1. The molecule has 7 heteroatoms. The summed E-state index contributed by atoms with van der Waals surface area (Å²) in [4.78, 5) is 0. The number of anilines is 2. The van der Waals surface area contributed by atoms with E-state index in [1.807, 2.05) is 104 Å². The molecule has 181 valence electrons. The summed E-state index contributed by atoms with van der Waals surface area (Å²) in [5, 5.41) is 6.75. The average Bonchev–Trinajstić information content (AvgIpc) is 2.94. The Hall–Kier alpha value is -3.67. The first kappa shape index (κ1) is 25.4. The molecular weight excluding hydrogens is 446 g/mol. The second kappa shape index (κ2) is 14.0. The minimum absolute atomic E-state index is 0.216. The van der Waals surface area contributed by atoms with Crippen LogP contribution in [0.15, 0.2) is 109 Å². The van der Waals surface area contributed by atoms with Gasteiger partial charge in [-0.05, 0) is 54.3 Å². The van der Waals surface area contributed by atoms with E-state index in [-0.39, 0.29) is 7.05 Å². The molecule has 0 aliphatic rings. The lowest BCUT2D eigenvalue weighted by Gasteiger charge is -2.16. The van der Waals surface area contributed by atoms with Gasteiger partial charge < -0.3 is 24.6 Å². The Balaban J connectivity index is 1.20. The van der Waals surface area contributed by atoms with E-state index in [0.717, 1.165) is 40.2 Å². The Kier molecular flexibility index (Phi) is 9.91. The first-order valence-electron chi connectivity index (χ1n) is 12.3. The molecule has 2 N–H and O–H groups in total. The van der Waals surface area contributed by atoms with Crippen LogP contribution in [0.2, 0.25) is 0 Å². The van der Waals surface area contributed by atoms with E-state index < -0.39 is 0 Å². The van der Waals surface area contributed by atoms with Crippen molar-refractivity contribution in [3.8, 4) is 5.75 Å². The Morgan fingerprint density at radius 1 is 0.750 bits per heavy atom. The summed E-state index contributed by atoms with van der Waals surface area (Å²) >= 11 is 0. The maximum atomic E-state index is 5.99. The van der Waals surface area contributed by atoms with Gasteiger partial charge >= 0.3 is 14.5 Å². The molecule has 0 saturated heterocycles. The largest absolute Gasteiger partial charge is 0.489 e. The second-order valence-corrected chi connectivity index (χ2v) is 8.23. The third kappa shape index (κ3) is 8.22. The summed E-state index contributed by atoms with van der Waals surface area (Å²) in [5.74, 6) is 0.818. The van der Waals surface area contributed by atoms with E-state index in [0.29, 0.717) is 19.8 Å². The fraction of sp³-hybridized carbons (Fsp3) is 0.172. The third-order valence-electron chi connectivity index (χ3n) is 5.52. The number of rotatable bonds is 14. The highest BCUT2D eigenvalue weighted by atomic mass is 16.5. The van der Waals surface area contributed by atoms with Gasteiger partial charge in [-0.15, -0.1) is 0 Å². The Morgan fingerprint density at radius 3 is 2.08 bits per heavy atom. The minimum atomic E-state index is -0.216. The molecule has 5 nitrogen and oxygen atoms in total. The molecule has 0 aromatic heterocycles. The molecule has 0 bridgehead atoms. The standard InChI is InChI=1S/C29H31B2N2O3/c1-2-36-31(33-28-11-7-4-8-12-28)26-17-19-29(20-18-26)34-23-24-13-15-25(16-14-24)30-35-22-21-32-27-9-5-3-6-10-27/h3-20,32-33H,2,21-23H2,1H3. The highest BCUT2D eigenvalue weighted by Crippen LogP contribution is 2.12. The van der Waals surface area contributed by atoms with E-state index in [1.165, 1.54) is 0 Å². The van der Waals surface area contributed by atoms with Crippen molar-refractivity contribution < 1.29 is 14.0 Å². The zero-order chi connectivity index (χ0) is 24.8. The number of para-hydroxylation sites is 2. The van der Waals surface area contributed by atoms with Gasteiger partial charge in [0, 0.05) is 31.1 Å². The third-order valence-corrected chi connectivity index (χ3v) is 5.52. The predicted molar refractivity (Wildman–Crippen MR) is 151 cm³/mol. The average molecular weight is 477 g/mol. The van der Waals surface area contributed by atoms with Gasteiger partial charge in [-0.2, -0.15) is 0 Å². The maximum Gasteiger partial charge on any atom is 0.449 e. The van der Waals surface area contributed by atoms with Crippen LogP contribution in [0.4, 0.5) is 11.4 Å². The van der Waals surface area contributed by atoms with Crippen molar-refractivity contribution in [2.45, 2.75) is 13.5 Å². The van der Waals surface area contributed by atoms with E-state index >= 15 is 0 Å². The van der Waals surface area contributed by atoms with Crippen molar-refractivity contribution >= 4 is 36.8 Å². The van der Waals surface area contributed by atoms with E-state index in [4.69, 9.17) is 14.0 Å². The van der Waals surface area contributed by atoms with Gasteiger partial charge in [0.15, 0.2) is 0 Å². The van der Waals surface area contributed by atoms with Crippen molar-refractivity contribution in [2.24, 2.45) is 0 Å². The topological polar surface area (TPSA) is 51.8 Å². The van der Waals surface area contributed by atoms with Crippen molar-refractivity contribution in [1.82, 2.24) is 0 Å². The summed E-state index contributed by atoms with van der Waals surface area (Å²) in [6.45, 7) is 4.46. The van der Waals surface area contributed by atoms with E-state index in [1.54, 1.807) is 7.48 Å². The zero-order valence-corrected chi connectivity index (χ0v) is 20.6. The van der Waals surface area contributed by atoms with Gasteiger partial charge in [0.1, 0.15) is 12.4 Å². The molecule has 0 aliphatic heterocycles. The van der Waals surface area contributed by atoms with Gasteiger partial charge in [0.2, 0.25) is 0 Å². The number of benzene rings is 4. The summed E-state index contributed by atoms with van der Waals surface area (Å²) < 4.78 is 17.6. The van der Waals surface area contributed by atoms with Crippen LogP contribution in [0.1, 0.15) is 12.5 Å². The summed E-state index contributed by atoms with van der Waals surface area (Å²) in [6.07, 6.45) is 0. The quantitative estimate of drug-likeness (QED) is 0.207. The van der Waals surface area contributed by atoms with Crippen molar-refractivity contribution in [3.05, 3.63) is 115 Å². The molecule has 1 radical (unpaired) electrons. The summed E-state index contributed by atoms with van der Waals surface area (Å²) in [5.41, 5.74) is 5.28. The Bertz CT molecular complexity index is 1140. The first-order valence-corrected chi connectivity index (χ1v) is 12.3. The second-order valence-electron chi connectivity index (χ2n) is 8.23. The number of ether oxygens (including phenoxy) is 1. The predicted octanol–water partition coefficient (Wildman–Crippen LogP) is 4.48. The van der Waals surface area contributed by atoms with Crippen LogP contribution in [0, 0.1) is 0 Å². The molecule has 0 heterocycles. The van der Waals surface area contributed by atoms with Gasteiger partial charge in [-0.1, -0.05) is 78.3 Å². The Morgan fingerprint density at radius 2 is 1.42 bits per heavy atom. The number of hydrogen-bond acceptors (Lipinski definition) is 5. The molecule has 0 spiro atoms. The maximum absolute atomic E-state index is 5.99. The molecule has 0 amide bonds. The zero-order valence-electron chi connectivity index (χ0n) is 20.6. The Labute approximate surface area is 215 Å². The van der Waals surface area contributed by atoms with Crippen LogP contribution in [0.25, 0.3) is 0 Å². The van der Waals surface area contributed by atoms with Crippen LogP contribution in [-0.4, -0.2) is 34.3 Å². The minimum Gasteiger partial charge on any atom is -0.489 e. The lowest BCUT2D eigenvalue weighted by atomic mass is 9.73. The molecular formula is C29H31B2N2O3. The molecule has 36 heavy (non-hydrogen) atoms. The molecule has 4 aromatic rings. The summed E-state index contributed by atoms with van der Waals surface area (Å²) in [7, 11) is 1.57. The smallest absolute Gasteiger partial charge is 0.449 e. The van der Waals surface area contributed by atoms with Crippen LogP contribution in [0.5, 0.6) is 5.75 Å². The van der Waals surface area contributed by atoms with Crippen LogP contribution in [0.3, 0.4) is 0 Å². The molecule has 0 atom stereocenters. The van der Waals surface area contributed by atoms with Gasteiger partial charge in [-0.25, -0.2) is 0 Å². The van der Waals surface area contributed by atoms with Crippen LogP contribution in [-0.2, 0) is 15.9 Å². The van der Waals surface area contributed by atoms with Crippen molar-refractivity contribution in [3.63, 3.8) is 0 Å². The lowest BCUT2D eigenvalue weighted by Crippen LogP contribution is -2.41. The number of hydrogen-bond donors (Lipinski definition) is 2. The first-order chi connectivity index (χ1) is 17.8. The number of nitrogens with one attached hydrogen (secondary N) is 2. The molecule has 4 aromatic carbocycles. The van der Waals surface area contributed by atoms with Crippen molar-refractivity contribution in [2.75, 3.05) is 30.3 Å². The van der Waals surface area contributed by atoms with Crippen LogP contribution < -0.4 is 26.2 Å². The lowest BCUT2D eigenvalue weighted by molar-refractivity contribution is 0.306. The molecule has 0 fully saturated rings. The normalized spacial score (nSPS) is 10.5. The monoisotopic (exact) mass is 477 g/mol. The van der Waals surface area contributed by atoms with Gasteiger partial charge in [-0.3, -0.25) is 0 Å². The van der Waals surface area contributed by atoms with Gasteiger partial charge in [0.05, 0.1) is 0 Å².